The van der Waals surface area contributed by atoms with E-state index in [4.69, 9.17) is 17.3 Å². The van der Waals surface area contributed by atoms with Gasteiger partial charge in [-0.25, -0.2) is 13.4 Å². The Bertz CT molecular complexity index is 1210. The molecule has 0 radical (unpaired) electrons. The highest BCUT2D eigenvalue weighted by Gasteiger charge is 2.22. The highest BCUT2D eigenvalue weighted by Crippen LogP contribution is 2.32. The van der Waals surface area contributed by atoms with Crippen LogP contribution >= 0.6 is 11.6 Å². The highest BCUT2D eigenvalue weighted by molar-refractivity contribution is 7.92. The van der Waals surface area contributed by atoms with Crippen LogP contribution in [0.3, 0.4) is 0 Å². The minimum atomic E-state index is -4.71. The fraction of sp³-hybridized carbons (Fsp3) is 0.133. The van der Waals surface area contributed by atoms with Gasteiger partial charge in [0.05, 0.1) is 32.0 Å². The van der Waals surface area contributed by atoms with Gasteiger partial charge in [-0.3, -0.25) is 19.4 Å². The van der Waals surface area contributed by atoms with Crippen molar-refractivity contribution in [3.8, 4) is 0 Å². The number of sulfonamides is 1. The van der Waals surface area contributed by atoms with Gasteiger partial charge in [0.25, 0.3) is 25.8 Å². The second-order valence-electron chi connectivity index (χ2n) is 5.69. The van der Waals surface area contributed by atoms with Crippen LogP contribution < -0.4 is 10.5 Å². The number of nitro benzene ring substituents is 1. The summed E-state index contributed by atoms with van der Waals surface area (Å²) in [5.41, 5.74) is 5.01. The molecule has 2 aromatic carbocycles. The summed E-state index contributed by atoms with van der Waals surface area (Å²) >= 11 is 5.56. The van der Waals surface area contributed by atoms with Crippen molar-refractivity contribution >= 4 is 54.6 Å². The lowest BCUT2D eigenvalue weighted by molar-refractivity contribution is -0.385. The largest absolute Gasteiger partial charge is 0.386 e. The number of nitro groups is 1. The van der Waals surface area contributed by atoms with Crippen LogP contribution in [-0.4, -0.2) is 38.0 Å². The second kappa shape index (κ2) is 8.32. The molecule has 0 fully saturated rings. The van der Waals surface area contributed by atoms with Gasteiger partial charge in [0.2, 0.25) is 0 Å². The maximum absolute atomic E-state index is 12.7. The molecule has 0 heterocycles. The molecule has 2 rings (SSSR count). The number of hydrogen-bond donors (Lipinski definition) is 3. The van der Waals surface area contributed by atoms with Crippen LogP contribution in [0.2, 0.25) is 0 Å². The number of benzene rings is 2. The summed E-state index contributed by atoms with van der Waals surface area (Å²) in [6, 6.07) is 6.15. The molecule has 0 saturated carbocycles. The van der Waals surface area contributed by atoms with Gasteiger partial charge in [0, 0.05) is 12.1 Å². The molecule has 2 aromatic rings. The van der Waals surface area contributed by atoms with Crippen molar-refractivity contribution in [2.75, 3.05) is 10.6 Å². The number of hydrogen-bond acceptors (Lipinski definition) is 7. The lowest BCUT2D eigenvalue weighted by Crippen LogP contribution is -2.15. The van der Waals surface area contributed by atoms with E-state index in [1.54, 1.807) is 0 Å². The van der Waals surface area contributed by atoms with Crippen molar-refractivity contribution < 1.29 is 26.3 Å². The van der Waals surface area contributed by atoms with E-state index in [1.807, 2.05) is 0 Å². The van der Waals surface area contributed by atoms with Crippen LogP contribution in [0.4, 0.5) is 17.1 Å². The third-order valence-electron chi connectivity index (χ3n) is 3.64. The quantitative estimate of drug-likeness (QED) is 0.139. The Morgan fingerprint density at radius 3 is 2.45 bits per heavy atom. The number of anilines is 1. The molecule has 0 aliphatic carbocycles. The third kappa shape index (κ3) is 5.41. The van der Waals surface area contributed by atoms with Gasteiger partial charge >= 0.3 is 0 Å². The average molecular weight is 463 g/mol. The molecule has 29 heavy (non-hydrogen) atoms. The predicted octanol–water partition coefficient (Wildman–Crippen LogP) is 2.18. The molecular weight excluding hydrogens is 448 g/mol. The first-order valence-electron chi connectivity index (χ1n) is 7.63. The number of rotatable bonds is 7. The molecule has 0 aliphatic heterocycles. The molecule has 0 spiro atoms. The van der Waals surface area contributed by atoms with Gasteiger partial charge in [-0.15, -0.1) is 11.6 Å². The second-order valence-corrected chi connectivity index (χ2v) is 9.06. The van der Waals surface area contributed by atoms with E-state index < -0.39 is 40.5 Å². The zero-order valence-corrected chi connectivity index (χ0v) is 17.1. The van der Waals surface area contributed by atoms with Crippen LogP contribution in [0.1, 0.15) is 5.56 Å². The Hall–Kier alpha value is -2.74. The Morgan fingerprint density at radius 2 is 1.90 bits per heavy atom. The van der Waals surface area contributed by atoms with Crippen molar-refractivity contribution in [1.29, 1.82) is 0 Å². The molecule has 0 amide bonds. The molecule has 11 nitrogen and oxygen atoms in total. The summed E-state index contributed by atoms with van der Waals surface area (Å²) in [6.45, 7) is 1.43. The van der Waals surface area contributed by atoms with Gasteiger partial charge in [0.1, 0.15) is 5.84 Å². The van der Waals surface area contributed by atoms with Crippen LogP contribution in [0.15, 0.2) is 51.2 Å². The normalized spacial score (nSPS) is 12.6. The van der Waals surface area contributed by atoms with E-state index in [9.17, 15) is 31.5 Å². The molecular formula is C15H15ClN4O7S2. The molecule has 4 N–H and O–H groups in total. The summed E-state index contributed by atoms with van der Waals surface area (Å²) < 4.78 is 59.9. The number of halogens is 1. The minimum Gasteiger partial charge on any atom is -0.386 e. The third-order valence-corrected chi connectivity index (χ3v) is 6.10. The first-order chi connectivity index (χ1) is 13.3. The molecule has 0 unspecified atom stereocenters. The maximum Gasteiger partial charge on any atom is 0.294 e. The van der Waals surface area contributed by atoms with Crippen molar-refractivity contribution in [2.45, 2.75) is 16.7 Å². The highest BCUT2D eigenvalue weighted by atomic mass is 35.5. The summed E-state index contributed by atoms with van der Waals surface area (Å²) in [6.07, 6.45) is 0. The smallest absolute Gasteiger partial charge is 0.294 e. The summed E-state index contributed by atoms with van der Waals surface area (Å²) in [7, 11) is -9.05. The number of amidine groups is 1. The van der Waals surface area contributed by atoms with E-state index in [1.165, 1.54) is 13.0 Å². The Morgan fingerprint density at radius 1 is 1.24 bits per heavy atom. The maximum atomic E-state index is 12.7. The molecule has 0 bridgehead atoms. The average Bonchev–Trinajstić information content (AvgIpc) is 2.63. The van der Waals surface area contributed by atoms with E-state index in [2.05, 4.69) is 9.71 Å². The fourth-order valence-corrected chi connectivity index (χ4v) is 3.94. The van der Waals surface area contributed by atoms with Crippen molar-refractivity contribution in [1.82, 2.24) is 0 Å². The standard InChI is InChI=1S/C15H15ClN4O7S2/c1-9-13(18-15(17)8-16)6-12(29(25,26)27)7-14(9)19-28(23,24)11-4-2-3-10(5-11)20(21)22/h2-7,19H,8H2,1H3,(H2,17,18)(H,25,26,27). The summed E-state index contributed by atoms with van der Waals surface area (Å²) in [4.78, 5) is 13.0. The summed E-state index contributed by atoms with van der Waals surface area (Å²) in [5.74, 6) is -0.251. The van der Waals surface area contributed by atoms with Crippen LogP contribution in [0, 0.1) is 17.0 Å². The molecule has 0 aliphatic rings. The van der Waals surface area contributed by atoms with Crippen molar-refractivity contribution in [3.63, 3.8) is 0 Å². The van der Waals surface area contributed by atoms with Crippen molar-refractivity contribution in [3.05, 3.63) is 52.1 Å². The van der Waals surface area contributed by atoms with E-state index in [0.29, 0.717) is 0 Å². The zero-order chi connectivity index (χ0) is 22.0. The van der Waals surface area contributed by atoms with Crippen LogP contribution in [0.25, 0.3) is 0 Å². The van der Waals surface area contributed by atoms with E-state index in [-0.39, 0.29) is 28.7 Å². The molecule has 0 aromatic heterocycles. The first-order valence-corrected chi connectivity index (χ1v) is 11.1. The summed E-state index contributed by atoms with van der Waals surface area (Å²) in [5, 5.41) is 10.9. The minimum absolute atomic E-state index is 0.0463. The number of nitrogens with one attached hydrogen (secondary N) is 1. The number of alkyl halides is 1. The first kappa shape index (κ1) is 22.5. The lowest BCUT2D eigenvalue weighted by Gasteiger charge is -2.14. The molecule has 156 valence electrons. The van der Waals surface area contributed by atoms with Gasteiger partial charge in [0.15, 0.2) is 0 Å². The molecule has 0 atom stereocenters. The van der Waals surface area contributed by atoms with E-state index in [0.717, 1.165) is 30.3 Å². The van der Waals surface area contributed by atoms with Crippen LogP contribution in [0.5, 0.6) is 0 Å². The van der Waals surface area contributed by atoms with Gasteiger partial charge in [-0.1, -0.05) is 6.07 Å². The Labute approximate surface area is 171 Å². The monoisotopic (exact) mass is 462 g/mol. The Balaban J connectivity index is 2.63. The molecule has 14 heteroatoms. The number of non-ortho nitro benzene ring substituents is 1. The van der Waals surface area contributed by atoms with Gasteiger partial charge < -0.3 is 5.73 Å². The van der Waals surface area contributed by atoms with Crippen molar-refractivity contribution in [2.24, 2.45) is 10.7 Å². The topological polar surface area (TPSA) is 182 Å². The lowest BCUT2D eigenvalue weighted by atomic mass is 10.1. The SMILES string of the molecule is Cc1c(N=C(N)CCl)cc(S(=O)(=O)O)cc1NS(=O)(=O)c1cccc([N+](=O)[O-])c1. The van der Waals surface area contributed by atoms with E-state index >= 15 is 0 Å². The van der Waals surface area contributed by atoms with Crippen LogP contribution in [-0.2, 0) is 20.1 Å². The fourth-order valence-electron chi connectivity index (χ4n) is 2.20. The molecule has 0 saturated heterocycles. The number of aliphatic imine (C=N–C) groups is 1. The zero-order valence-electron chi connectivity index (χ0n) is 14.7. The predicted molar refractivity (Wildman–Crippen MR) is 107 cm³/mol. The Kier molecular flexibility index (Phi) is 6.47. The number of nitrogens with two attached hydrogens (primary N) is 1. The number of nitrogens with zero attached hydrogens (tertiary/aromatic N) is 2. The van der Waals surface area contributed by atoms with Gasteiger partial charge in [-0.2, -0.15) is 8.42 Å². The van der Waals surface area contributed by atoms with Gasteiger partial charge in [-0.05, 0) is 30.7 Å².